The highest BCUT2D eigenvalue weighted by Gasteiger charge is 2.24. The van der Waals surface area contributed by atoms with E-state index in [1.165, 1.54) is 6.39 Å². The Hall–Kier alpha value is -2.31. The largest absolute Gasteiger partial charge is 0.476 e. The number of hydrogen-bond donors (Lipinski definition) is 1. The van der Waals surface area contributed by atoms with Gasteiger partial charge in [0.15, 0.2) is 17.9 Å². The van der Waals surface area contributed by atoms with Crippen LogP contribution in [0.1, 0.15) is 16.2 Å². The Morgan fingerprint density at radius 2 is 2.29 bits per heavy atom. The molecule has 3 rings (SSSR count). The van der Waals surface area contributed by atoms with Crippen molar-refractivity contribution in [3.8, 4) is 0 Å². The fourth-order valence-electron chi connectivity index (χ4n) is 1.99. The van der Waals surface area contributed by atoms with Crippen LogP contribution in [0.15, 0.2) is 23.4 Å². The smallest absolute Gasteiger partial charge is 0.356 e. The topological polar surface area (TPSA) is 84.4 Å². The SMILES string of the molecule is O=C(O)c1ncn2c1CN(c1cocn1)CC2. The molecule has 0 saturated heterocycles. The maximum Gasteiger partial charge on any atom is 0.356 e. The molecule has 17 heavy (non-hydrogen) atoms. The van der Waals surface area contributed by atoms with E-state index in [9.17, 15) is 4.79 Å². The number of carboxylic acids is 1. The fraction of sp³-hybridized carbons (Fsp3) is 0.300. The lowest BCUT2D eigenvalue weighted by molar-refractivity contribution is 0.0689. The van der Waals surface area contributed by atoms with Gasteiger partial charge < -0.3 is 19.0 Å². The molecule has 2 aromatic rings. The summed E-state index contributed by atoms with van der Waals surface area (Å²) < 4.78 is 6.78. The quantitative estimate of drug-likeness (QED) is 0.818. The van der Waals surface area contributed by atoms with E-state index >= 15 is 0 Å². The molecule has 7 heteroatoms. The number of imidazole rings is 1. The molecule has 0 aliphatic carbocycles. The first-order valence-corrected chi connectivity index (χ1v) is 5.16. The number of nitrogens with zero attached hydrogens (tertiary/aromatic N) is 4. The van der Waals surface area contributed by atoms with Crippen LogP contribution in [0.5, 0.6) is 0 Å². The van der Waals surface area contributed by atoms with Gasteiger partial charge in [-0.25, -0.2) is 9.78 Å². The zero-order chi connectivity index (χ0) is 11.8. The molecule has 0 amide bonds. The minimum Gasteiger partial charge on any atom is -0.476 e. The zero-order valence-corrected chi connectivity index (χ0v) is 8.91. The van der Waals surface area contributed by atoms with E-state index in [0.29, 0.717) is 24.6 Å². The monoisotopic (exact) mass is 234 g/mol. The van der Waals surface area contributed by atoms with Gasteiger partial charge in [-0.05, 0) is 0 Å². The lowest BCUT2D eigenvalue weighted by atomic mass is 10.2. The number of hydrogen-bond acceptors (Lipinski definition) is 5. The molecule has 0 unspecified atom stereocenters. The predicted molar refractivity (Wildman–Crippen MR) is 56.7 cm³/mol. The number of aromatic nitrogens is 3. The Labute approximate surface area is 96.3 Å². The molecule has 1 aliphatic rings. The Bertz CT molecular complexity index is 546. The molecule has 3 heterocycles. The third-order valence-electron chi connectivity index (χ3n) is 2.84. The van der Waals surface area contributed by atoms with Gasteiger partial charge in [0.1, 0.15) is 6.26 Å². The van der Waals surface area contributed by atoms with E-state index in [1.807, 2.05) is 9.47 Å². The number of oxazole rings is 1. The normalized spacial score (nSPS) is 14.7. The van der Waals surface area contributed by atoms with Crippen LogP contribution in [0.3, 0.4) is 0 Å². The van der Waals surface area contributed by atoms with Gasteiger partial charge in [-0.15, -0.1) is 0 Å². The van der Waals surface area contributed by atoms with Crippen LogP contribution in [-0.4, -0.2) is 32.2 Å². The van der Waals surface area contributed by atoms with Gasteiger partial charge in [0.25, 0.3) is 0 Å². The minimum atomic E-state index is -0.999. The minimum absolute atomic E-state index is 0.109. The Kier molecular flexibility index (Phi) is 2.10. The van der Waals surface area contributed by atoms with Crippen molar-refractivity contribution in [3.05, 3.63) is 30.4 Å². The number of aromatic carboxylic acids is 1. The van der Waals surface area contributed by atoms with Gasteiger partial charge in [0.05, 0.1) is 18.6 Å². The second-order valence-corrected chi connectivity index (χ2v) is 3.81. The third kappa shape index (κ3) is 1.55. The van der Waals surface area contributed by atoms with Crippen molar-refractivity contribution < 1.29 is 14.3 Å². The summed E-state index contributed by atoms with van der Waals surface area (Å²) in [5.41, 5.74) is 0.810. The van der Waals surface area contributed by atoms with Crippen LogP contribution in [0.2, 0.25) is 0 Å². The summed E-state index contributed by atoms with van der Waals surface area (Å²) in [6, 6.07) is 0. The molecule has 0 bridgehead atoms. The summed E-state index contributed by atoms with van der Waals surface area (Å²) in [7, 11) is 0. The summed E-state index contributed by atoms with van der Waals surface area (Å²) in [5, 5.41) is 9.02. The van der Waals surface area contributed by atoms with Crippen LogP contribution in [0.25, 0.3) is 0 Å². The van der Waals surface area contributed by atoms with Gasteiger partial charge in [-0.2, -0.15) is 4.98 Å². The fourth-order valence-corrected chi connectivity index (χ4v) is 1.99. The summed E-state index contributed by atoms with van der Waals surface area (Å²) in [6.45, 7) is 1.94. The molecule has 0 saturated carbocycles. The van der Waals surface area contributed by atoms with Crippen LogP contribution in [-0.2, 0) is 13.1 Å². The average molecular weight is 234 g/mol. The van der Waals surface area contributed by atoms with E-state index in [2.05, 4.69) is 9.97 Å². The molecule has 7 nitrogen and oxygen atoms in total. The number of fused-ring (bicyclic) bond motifs is 1. The van der Waals surface area contributed by atoms with Crippen molar-refractivity contribution in [1.82, 2.24) is 14.5 Å². The second-order valence-electron chi connectivity index (χ2n) is 3.81. The van der Waals surface area contributed by atoms with Gasteiger partial charge in [-0.1, -0.05) is 0 Å². The highest BCUT2D eigenvalue weighted by atomic mass is 16.4. The molecular weight excluding hydrogens is 224 g/mol. The lowest BCUT2D eigenvalue weighted by Crippen LogP contribution is -2.34. The van der Waals surface area contributed by atoms with Crippen molar-refractivity contribution in [2.75, 3.05) is 11.4 Å². The van der Waals surface area contributed by atoms with Crippen molar-refractivity contribution in [3.63, 3.8) is 0 Å². The number of carbonyl (C=O) groups is 1. The Morgan fingerprint density at radius 3 is 3.00 bits per heavy atom. The molecule has 0 spiro atoms. The van der Waals surface area contributed by atoms with Crippen molar-refractivity contribution in [2.45, 2.75) is 13.1 Å². The van der Waals surface area contributed by atoms with Gasteiger partial charge in [-0.3, -0.25) is 0 Å². The third-order valence-corrected chi connectivity index (χ3v) is 2.84. The Morgan fingerprint density at radius 1 is 1.41 bits per heavy atom. The number of carboxylic acid groups (broad SMARTS) is 1. The van der Waals surface area contributed by atoms with Crippen LogP contribution in [0.4, 0.5) is 5.82 Å². The van der Waals surface area contributed by atoms with Crippen molar-refractivity contribution in [1.29, 1.82) is 0 Å². The average Bonchev–Trinajstić information content (AvgIpc) is 2.97. The molecule has 0 fully saturated rings. The standard InChI is InChI=1S/C10H10N4O3/c15-10(16)9-7-3-13(8-4-17-6-12-8)1-2-14(7)5-11-9/h4-6H,1-3H2,(H,15,16). The van der Waals surface area contributed by atoms with Crippen LogP contribution in [0, 0.1) is 0 Å². The highest BCUT2D eigenvalue weighted by molar-refractivity contribution is 5.86. The van der Waals surface area contributed by atoms with E-state index in [0.717, 1.165) is 6.54 Å². The molecule has 0 atom stereocenters. The van der Waals surface area contributed by atoms with Crippen molar-refractivity contribution in [2.24, 2.45) is 0 Å². The molecule has 88 valence electrons. The Balaban J connectivity index is 1.94. The van der Waals surface area contributed by atoms with Gasteiger partial charge in [0.2, 0.25) is 0 Å². The predicted octanol–water partition coefficient (Wildman–Crippen LogP) is 0.589. The van der Waals surface area contributed by atoms with Gasteiger partial charge >= 0.3 is 5.97 Å². The van der Waals surface area contributed by atoms with E-state index in [1.54, 1.807) is 12.6 Å². The zero-order valence-electron chi connectivity index (χ0n) is 8.91. The first-order chi connectivity index (χ1) is 8.25. The molecule has 1 N–H and O–H groups in total. The maximum absolute atomic E-state index is 11.0. The van der Waals surface area contributed by atoms with E-state index in [4.69, 9.17) is 9.52 Å². The summed E-state index contributed by atoms with van der Waals surface area (Å²) in [5.74, 6) is -0.283. The van der Waals surface area contributed by atoms with E-state index < -0.39 is 5.97 Å². The van der Waals surface area contributed by atoms with Gasteiger partial charge in [0, 0.05) is 13.1 Å². The molecule has 1 aliphatic heterocycles. The van der Waals surface area contributed by atoms with E-state index in [-0.39, 0.29) is 5.69 Å². The summed E-state index contributed by atoms with van der Waals surface area (Å²) >= 11 is 0. The second kappa shape index (κ2) is 3.62. The number of anilines is 1. The molecule has 0 radical (unpaired) electrons. The molecular formula is C10H10N4O3. The summed E-state index contributed by atoms with van der Waals surface area (Å²) in [4.78, 5) is 20.9. The first kappa shape index (κ1) is 9.88. The first-order valence-electron chi connectivity index (χ1n) is 5.16. The lowest BCUT2D eigenvalue weighted by Gasteiger charge is -2.27. The molecule has 0 aromatic carbocycles. The molecule has 2 aromatic heterocycles. The maximum atomic E-state index is 11.0. The van der Waals surface area contributed by atoms with Crippen LogP contribution < -0.4 is 4.90 Å². The highest BCUT2D eigenvalue weighted by Crippen LogP contribution is 2.21. The van der Waals surface area contributed by atoms with Crippen LogP contribution >= 0.6 is 0 Å². The van der Waals surface area contributed by atoms with Crippen molar-refractivity contribution >= 4 is 11.8 Å². The number of rotatable bonds is 2. The summed E-state index contributed by atoms with van der Waals surface area (Å²) in [6.07, 6.45) is 4.48.